The second-order valence-corrected chi connectivity index (χ2v) is 10.4. The van der Waals surface area contributed by atoms with E-state index in [0.717, 1.165) is 24.8 Å². The molecule has 2 heterocycles. The van der Waals surface area contributed by atoms with E-state index in [1.54, 1.807) is 0 Å². The number of carbonyl (C=O) groups is 1. The molecule has 0 amide bonds. The highest BCUT2D eigenvalue weighted by Crippen LogP contribution is 2.46. The van der Waals surface area contributed by atoms with Gasteiger partial charge in [-0.05, 0) is 54.9 Å². The lowest BCUT2D eigenvalue weighted by molar-refractivity contribution is -0.274. The molecule has 2 atom stereocenters. The molecule has 37 heavy (non-hydrogen) atoms. The van der Waals surface area contributed by atoms with Crippen molar-refractivity contribution in [1.82, 2.24) is 14.5 Å². The van der Waals surface area contributed by atoms with Gasteiger partial charge in [-0.15, -0.1) is 13.2 Å². The van der Waals surface area contributed by atoms with Gasteiger partial charge in [0, 0.05) is 24.2 Å². The van der Waals surface area contributed by atoms with E-state index < -0.39 is 12.3 Å². The number of fused-ring (bicyclic) bond motifs is 1. The number of nitrogens with zero attached hydrogens (tertiary/aromatic N) is 3. The number of carboxylic acid groups (broad SMARTS) is 1. The van der Waals surface area contributed by atoms with Crippen molar-refractivity contribution in [3.05, 3.63) is 36.0 Å². The molecule has 8 nitrogen and oxygen atoms in total. The number of ether oxygens (including phenoxy) is 2. The van der Waals surface area contributed by atoms with Crippen molar-refractivity contribution in [1.29, 1.82) is 0 Å². The van der Waals surface area contributed by atoms with Gasteiger partial charge in [-0.25, -0.2) is 4.98 Å². The number of carboxylic acids is 1. The molecule has 0 aliphatic heterocycles. The Morgan fingerprint density at radius 3 is 2.51 bits per heavy atom. The lowest BCUT2D eigenvalue weighted by Gasteiger charge is -2.40. The van der Waals surface area contributed by atoms with E-state index in [-0.39, 0.29) is 30.0 Å². The molecular weight excluding hydrogens is 489 g/mol. The number of nitrogens with one attached hydrogen (secondary N) is 1. The van der Waals surface area contributed by atoms with Crippen LogP contribution in [0, 0.1) is 11.3 Å². The van der Waals surface area contributed by atoms with Crippen LogP contribution in [0.1, 0.15) is 58.2 Å². The summed E-state index contributed by atoms with van der Waals surface area (Å²) >= 11 is 0. The number of aromatic nitrogens is 3. The highest BCUT2D eigenvalue weighted by Gasteiger charge is 2.35. The van der Waals surface area contributed by atoms with Gasteiger partial charge in [-0.1, -0.05) is 20.8 Å². The van der Waals surface area contributed by atoms with Gasteiger partial charge in [0.15, 0.2) is 5.65 Å². The average Bonchev–Trinajstić information content (AvgIpc) is 3.12. The van der Waals surface area contributed by atoms with Gasteiger partial charge < -0.3 is 24.5 Å². The van der Waals surface area contributed by atoms with E-state index in [1.165, 1.54) is 31.4 Å². The minimum atomic E-state index is -4.77. The van der Waals surface area contributed by atoms with E-state index in [4.69, 9.17) is 14.8 Å². The first kappa shape index (κ1) is 26.6. The number of hydrogen-bond donors (Lipinski definition) is 2. The van der Waals surface area contributed by atoms with Crippen LogP contribution in [0.5, 0.6) is 11.5 Å². The van der Waals surface area contributed by atoms with Crippen LogP contribution in [0.25, 0.3) is 11.2 Å². The van der Waals surface area contributed by atoms with Crippen molar-refractivity contribution in [2.24, 2.45) is 11.3 Å². The molecule has 1 aliphatic carbocycles. The first-order valence-corrected chi connectivity index (χ1v) is 12.1. The Morgan fingerprint density at radius 1 is 1.22 bits per heavy atom. The van der Waals surface area contributed by atoms with Gasteiger partial charge in [0.2, 0.25) is 5.95 Å². The number of benzene rings is 1. The zero-order valence-corrected chi connectivity index (χ0v) is 21.2. The highest BCUT2D eigenvalue weighted by molar-refractivity contribution is 5.79. The minimum absolute atomic E-state index is 0.0930. The zero-order valence-electron chi connectivity index (χ0n) is 21.2. The Balaban J connectivity index is 1.77. The topological polar surface area (TPSA) is 98.5 Å². The second kappa shape index (κ2) is 10.1. The number of hydrogen-bond acceptors (Lipinski definition) is 6. The van der Waals surface area contributed by atoms with Crippen molar-refractivity contribution < 1.29 is 32.5 Å². The fourth-order valence-corrected chi connectivity index (χ4v) is 5.44. The monoisotopic (exact) mass is 520 g/mol. The third-order valence-corrected chi connectivity index (χ3v) is 6.59. The Kier molecular flexibility index (Phi) is 7.25. The van der Waals surface area contributed by atoms with Gasteiger partial charge >= 0.3 is 12.3 Å². The molecule has 0 bridgehead atoms. The molecule has 3 aromatic rings. The Morgan fingerprint density at radius 2 is 1.92 bits per heavy atom. The van der Waals surface area contributed by atoms with E-state index in [1.807, 2.05) is 6.07 Å². The summed E-state index contributed by atoms with van der Waals surface area (Å²) in [5, 5.41) is 12.4. The molecule has 0 saturated heterocycles. The quantitative estimate of drug-likeness (QED) is 0.350. The molecule has 0 spiro atoms. The average molecular weight is 521 g/mol. The van der Waals surface area contributed by atoms with Crippen LogP contribution in [0.15, 0.2) is 30.3 Å². The number of alkyl halides is 3. The molecule has 11 heteroatoms. The van der Waals surface area contributed by atoms with Crippen molar-refractivity contribution in [3.63, 3.8) is 0 Å². The molecule has 4 rings (SSSR count). The second-order valence-electron chi connectivity index (χ2n) is 10.4. The van der Waals surface area contributed by atoms with Gasteiger partial charge in [0.1, 0.15) is 11.5 Å². The zero-order chi connectivity index (χ0) is 27.0. The summed E-state index contributed by atoms with van der Waals surface area (Å²) in [5.74, 6) is 0.206. The number of imidazole rings is 1. The number of methoxy groups -OCH3 is 1. The van der Waals surface area contributed by atoms with Crippen LogP contribution in [-0.4, -0.2) is 39.1 Å². The number of pyridine rings is 1. The molecule has 0 radical (unpaired) electrons. The highest BCUT2D eigenvalue weighted by atomic mass is 19.4. The minimum Gasteiger partial charge on any atom is -0.495 e. The van der Waals surface area contributed by atoms with Crippen LogP contribution in [-0.2, 0) is 11.2 Å². The SMILES string of the molecule is COc1cc2c(nc1CCC(=O)O)nc(Nc1ccc(OC(F)(F)F)cc1)n2[C@@H]1C[C@H](C)CC(C)(C)C1. The summed E-state index contributed by atoms with van der Waals surface area (Å²) in [5.41, 5.74) is 2.32. The molecule has 0 unspecified atom stereocenters. The van der Waals surface area contributed by atoms with Gasteiger partial charge in [0.25, 0.3) is 0 Å². The van der Waals surface area contributed by atoms with Crippen LogP contribution in [0.2, 0.25) is 0 Å². The maximum absolute atomic E-state index is 12.6. The normalized spacial score (nSPS) is 19.5. The maximum Gasteiger partial charge on any atom is 0.573 e. The standard InChI is InChI=1S/C26H31F3N4O4/c1-15-11-17(14-25(2,3)13-15)33-20-12-21(36-4)19(9-10-22(34)35)31-23(20)32-24(33)30-16-5-7-18(8-6-16)37-26(27,28)29/h5-8,12,15,17H,9-11,13-14H2,1-4H3,(H,34,35)(H,30,31,32)/t15-,17+/m0/s1. The van der Waals surface area contributed by atoms with Crippen molar-refractivity contribution in [2.45, 2.75) is 65.3 Å². The Bertz CT molecular complexity index is 1270. The first-order valence-electron chi connectivity index (χ1n) is 12.1. The third-order valence-electron chi connectivity index (χ3n) is 6.59. The molecule has 1 aliphatic rings. The summed E-state index contributed by atoms with van der Waals surface area (Å²) in [6.45, 7) is 6.70. The van der Waals surface area contributed by atoms with Crippen LogP contribution in [0.4, 0.5) is 24.8 Å². The summed E-state index contributed by atoms with van der Waals surface area (Å²) in [6, 6.07) is 7.38. The van der Waals surface area contributed by atoms with E-state index >= 15 is 0 Å². The number of aryl methyl sites for hydroxylation is 1. The maximum atomic E-state index is 12.6. The van der Waals surface area contributed by atoms with E-state index in [2.05, 4.69) is 40.4 Å². The predicted octanol–water partition coefficient (Wildman–Crippen LogP) is 6.49. The van der Waals surface area contributed by atoms with Crippen molar-refractivity contribution in [2.75, 3.05) is 12.4 Å². The van der Waals surface area contributed by atoms with E-state index in [0.29, 0.717) is 34.6 Å². The van der Waals surface area contributed by atoms with Crippen LogP contribution < -0.4 is 14.8 Å². The number of rotatable bonds is 8. The Labute approximate surface area is 212 Å². The molecule has 1 fully saturated rings. The van der Waals surface area contributed by atoms with Gasteiger partial charge in [-0.3, -0.25) is 4.79 Å². The molecule has 1 aromatic carbocycles. The molecule has 2 aromatic heterocycles. The van der Waals surface area contributed by atoms with Gasteiger partial charge in [-0.2, -0.15) is 4.98 Å². The largest absolute Gasteiger partial charge is 0.573 e. The summed E-state index contributed by atoms with van der Waals surface area (Å²) < 4.78 is 49.3. The fourth-order valence-electron chi connectivity index (χ4n) is 5.44. The molecule has 200 valence electrons. The smallest absolute Gasteiger partial charge is 0.495 e. The van der Waals surface area contributed by atoms with E-state index in [9.17, 15) is 18.0 Å². The first-order chi connectivity index (χ1) is 17.3. The number of anilines is 2. The van der Waals surface area contributed by atoms with Crippen molar-refractivity contribution >= 4 is 28.8 Å². The molecule has 2 N–H and O–H groups in total. The fraction of sp³-hybridized carbons (Fsp3) is 0.500. The van der Waals surface area contributed by atoms with Crippen LogP contribution in [0.3, 0.4) is 0 Å². The summed E-state index contributed by atoms with van der Waals surface area (Å²) in [6.07, 6.45) is -1.75. The van der Waals surface area contributed by atoms with Crippen LogP contribution >= 0.6 is 0 Å². The number of aliphatic carboxylic acids is 1. The molecular formula is C26H31F3N4O4. The molecule has 1 saturated carbocycles. The lowest BCUT2D eigenvalue weighted by Crippen LogP contribution is -2.29. The van der Waals surface area contributed by atoms with Crippen molar-refractivity contribution in [3.8, 4) is 11.5 Å². The predicted molar refractivity (Wildman–Crippen MR) is 132 cm³/mol. The summed E-state index contributed by atoms with van der Waals surface area (Å²) in [7, 11) is 1.52. The third kappa shape index (κ3) is 6.44. The Hall–Kier alpha value is -3.50. The van der Waals surface area contributed by atoms with Gasteiger partial charge in [0.05, 0.1) is 24.7 Å². The summed E-state index contributed by atoms with van der Waals surface area (Å²) in [4.78, 5) is 20.5. The lowest BCUT2D eigenvalue weighted by atomic mass is 9.70. The number of halogens is 3.